The summed E-state index contributed by atoms with van der Waals surface area (Å²) in [6.07, 6.45) is 0. The van der Waals surface area contributed by atoms with Crippen molar-refractivity contribution in [1.29, 1.82) is 0 Å². The Morgan fingerprint density at radius 2 is 1.68 bits per heavy atom. The molecule has 0 bridgehead atoms. The van der Waals surface area contributed by atoms with Crippen LogP contribution in [-0.4, -0.2) is 26.4 Å². The van der Waals surface area contributed by atoms with Gasteiger partial charge in [-0.05, 0) is 60.7 Å². The molecular weight excluding hydrogens is 429 g/mol. The lowest BCUT2D eigenvalue weighted by Gasteiger charge is -2.10. The first kappa shape index (κ1) is 21.7. The van der Waals surface area contributed by atoms with Gasteiger partial charge in [0, 0.05) is 11.3 Å². The second-order valence-electron chi connectivity index (χ2n) is 6.23. The van der Waals surface area contributed by atoms with Crippen LogP contribution in [0.1, 0.15) is 10.4 Å². The van der Waals surface area contributed by atoms with Crippen LogP contribution in [0, 0.1) is 15.9 Å². The van der Waals surface area contributed by atoms with E-state index in [4.69, 9.17) is 4.74 Å². The van der Waals surface area contributed by atoms with Crippen molar-refractivity contribution in [3.63, 3.8) is 0 Å². The molecule has 2 N–H and O–H groups in total. The minimum atomic E-state index is -3.94. The second kappa shape index (κ2) is 8.79. The van der Waals surface area contributed by atoms with E-state index >= 15 is 0 Å². The Hall–Kier alpha value is -3.99. The van der Waals surface area contributed by atoms with Crippen molar-refractivity contribution in [2.45, 2.75) is 4.90 Å². The maximum Gasteiger partial charge on any atom is 0.296 e. The van der Waals surface area contributed by atoms with E-state index in [2.05, 4.69) is 10.0 Å². The first-order chi connectivity index (χ1) is 14.7. The summed E-state index contributed by atoms with van der Waals surface area (Å²) in [5.74, 6) is -0.921. The molecule has 3 aromatic carbocycles. The highest BCUT2D eigenvalue weighted by atomic mass is 32.2. The summed E-state index contributed by atoms with van der Waals surface area (Å²) in [4.78, 5) is 22.9. The highest BCUT2D eigenvalue weighted by molar-refractivity contribution is 7.92. The van der Waals surface area contributed by atoms with Crippen LogP contribution in [0.4, 0.5) is 21.5 Å². The highest BCUT2D eigenvalue weighted by Gasteiger charge is 2.19. The number of nitro benzene ring substituents is 1. The molecule has 0 aliphatic heterocycles. The zero-order chi connectivity index (χ0) is 22.6. The van der Waals surface area contributed by atoms with Crippen molar-refractivity contribution in [3.05, 3.63) is 88.2 Å². The summed E-state index contributed by atoms with van der Waals surface area (Å²) in [5.41, 5.74) is -0.0283. The number of nitrogens with zero attached hydrogens (tertiary/aromatic N) is 1. The molecule has 0 radical (unpaired) electrons. The number of rotatable bonds is 7. The molecule has 11 heteroatoms. The van der Waals surface area contributed by atoms with Crippen LogP contribution in [-0.2, 0) is 10.0 Å². The van der Waals surface area contributed by atoms with E-state index in [0.29, 0.717) is 0 Å². The van der Waals surface area contributed by atoms with Crippen molar-refractivity contribution in [1.82, 2.24) is 0 Å². The lowest BCUT2D eigenvalue weighted by molar-refractivity contribution is -0.384. The monoisotopic (exact) mass is 445 g/mol. The summed E-state index contributed by atoms with van der Waals surface area (Å²) < 4.78 is 44.9. The third kappa shape index (κ3) is 5.14. The molecule has 0 saturated carbocycles. The zero-order valence-corrected chi connectivity index (χ0v) is 16.9. The quantitative estimate of drug-likeness (QED) is 0.421. The molecule has 0 atom stereocenters. The molecule has 0 aliphatic rings. The van der Waals surface area contributed by atoms with Crippen LogP contribution in [0.5, 0.6) is 5.75 Å². The summed E-state index contributed by atoms with van der Waals surface area (Å²) in [7, 11) is -2.57. The minimum absolute atomic E-state index is 0.0168. The van der Waals surface area contributed by atoms with Crippen LogP contribution < -0.4 is 14.8 Å². The average Bonchev–Trinajstić information content (AvgIpc) is 2.74. The van der Waals surface area contributed by atoms with Gasteiger partial charge >= 0.3 is 0 Å². The van der Waals surface area contributed by atoms with Crippen molar-refractivity contribution < 1.29 is 27.3 Å². The summed E-state index contributed by atoms with van der Waals surface area (Å²) in [6, 6.07) is 13.7. The number of sulfonamides is 1. The molecule has 0 unspecified atom stereocenters. The predicted octanol–water partition coefficient (Wildman–Crippen LogP) is 3.80. The van der Waals surface area contributed by atoms with Gasteiger partial charge in [0.25, 0.3) is 21.6 Å². The molecular formula is C20H16FN3O6S. The number of anilines is 2. The van der Waals surface area contributed by atoms with Gasteiger partial charge in [-0.2, -0.15) is 0 Å². The number of carbonyl (C=O) groups excluding carboxylic acids is 1. The molecule has 0 fully saturated rings. The molecule has 0 aliphatic carbocycles. The molecule has 0 heterocycles. The largest absolute Gasteiger partial charge is 0.496 e. The van der Waals surface area contributed by atoms with Crippen LogP contribution in [0.25, 0.3) is 0 Å². The Balaban J connectivity index is 1.75. The van der Waals surface area contributed by atoms with Gasteiger partial charge in [0.05, 0.1) is 23.0 Å². The topological polar surface area (TPSA) is 128 Å². The Morgan fingerprint density at radius 1 is 1.03 bits per heavy atom. The number of nitrogens with one attached hydrogen (secondary N) is 2. The molecule has 1 amide bonds. The molecule has 0 aromatic heterocycles. The van der Waals surface area contributed by atoms with Crippen LogP contribution in [0.2, 0.25) is 0 Å². The van der Waals surface area contributed by atoms with Crippen LogP contribution in [0.3, 0.4) is 0 Å². The van der Waals surface area contributed by atoms with Gasteiger partial charge in [0.2, 0.25) is 0 Å². The zero-order valence-electron chi connectivity index (χ0n) is 16.0. The standard InChI is InChI=1S/C20H16FN3O6S/c1-30-16-8-11-18(19(12-16)24(26)27)22-20(25)13-2-6-15(7-3-13)23-31(28,29)17-9-4-14(21)5-10-17/h2-12,23H,1H3,(H,22,25). The van der Waals surface area contributed by atoms with Gasteiger partial charge in [-0.3, -0.25) is 19.6 Å². The SMILES string of the molecule is COc1ccc(NC(=O)c2ccc(NS(=O)(=O)c3ccc(F)cc3)cc2)c([N+](=O)[O-])c1. The van der Waals surface area contributed by atoms with E-state index in [1.54, 1.807) is 0 Å². The number of benzene rings is 3. The number of hydrogen-bond acceptors (Lipinski definition) is 6. The Labute approximate surface area is 176 Å². The molecule has 3 aromatic rings. The van der Waals surface area contributed by atoms with E-state index in [1.807, 2.05) is 0 Å². The first-order valence-electron chi connectivity index (χ1n) is 8.72. The van der Waals surface area contributed by atoms with Gasteiger partial charge in [-0.25, -0.2) is 12.8 Å². The van der Waals surface area contributed by atoms with E-state index in [9.17, 15) is 27.7 Å². The maximum atomic E-state index is 13.0. The van der Waals surface area contributed by atoms with Gasteiger partial charge in [0.15, 0.2) is 0 Å². The summed E-state index contributed by atoms with van der Waals surface area (Å²) in [5, 5.41) is 13.7. The fourth-order valence-corrected chi connectivity index (χ4v) is 3.67. The van der Waals surface area contributed by atoms with Gasteiger partial charge in [-0.15, -0.1) is 0 Å². The number of hydrogen-bond donors (Lipinski definition) is 2. The van der Waals surface area contributed by atoms with Crippen molar-refractivity contribution in [3.8, 4) is 5.75 Å². The van der Waals surface area contributed by atoms with Crippen molar-refractivity contribution in [2.75, 3.05) is 17.1 Å². The van der Waals surface area contributed by atoms with E-state index in [-0.39, 0.29) is 33.3 Å². The highest BCUT2D eigenvalue weighted by Crippen LogP contribution is 2.29. The van der Waals surface area contributed by atoms with E-state index < -0.39 is 26.7 Å². The number of methoxy groups -OCH3 is 1. The number of ether oxygens (including phenoxy) is 1. The average molecular weight is 445 g/mol. The predicted molar refractivity (Wildman–Crippen MR) is 111 cm³/mol. The van der Waals surface area contributed by atoms with Crippen LogP contribution >= 0.6 is 0 Å². The van der Waals surface area contributed by atoms with Gasteiger partial charge in [-0.1, -0.05) is 0 Å². The smallest absolute Gasteiger partial charge is 0.296 e. The first-order valence-corrected chi connectivity index (χ1v) is 10.2. The Morgan fingerprint density at radius 3 is 2.26 bits per heavy atom. The third-order valence-corrected chi connectivity index (χ3v) is 5.57. The maximum absolute atomic E-state index is 13.0. The van der Waals surface area contributed by atoms with E-state index in [1.165, 1.54) is 49.6 Å². The lowest BCUT2D eigenvalue weighted by Crippen LogP contribution is -2.15. The van der Waals surface area contributed by atoms with Crippen molar-refractivity contribution >= 4 is 33.0 Å². The van der Waals surface area contributed by atoms with Gasteiger partial charge in [0.1, 0.15) is 17.3 Å². The Kier molecular flexibility index (Phi) is 6.16. The minimum Gasteiger partial charge on any atom is -0.496 e. The van der Waals surface area contributed by atoms with E-state index in [0.717, 1.165) is 24.3 Å². The molecule has 9 nitrogen and oxygen atoms in total. The summed E-state index contributed by atoms with van der Waals surface area (Å²) in [6.45, 7) is 0. The normalized spacial score (nSPS) is 10.9. The molecule has 0 saturated heterocycles. The van der Waals surface area contributed by atoms with Gasteiger partial charge < -0.3 is 10.1 Å². The Bertz CT molecular complexity index is 1230. The molecule has 0 spiro atoms. The number of carbonyl (C=O) groups is 1. The number of halogens is 1. The van der Waals surface area contributed by atoms with Crippen LogP contribution in [0.15, 0.2) is 71.6 Å². The second-order valence-corrected chi connectivity index (χ2v) is 7.91. The lowest BCUT2D eigenvalue weighted by atomic mass is 10.2. The van der Waals surface area contributed by atoms with Crippen molar-refractivity contribution in [2.24, 2.45) is 0 Å². The molecule has 3 rings (SSSR count). The summed E-state index contributed by atoms with van der Waals surface area (Å²) >= 11 is 0. The fraction of sp³-hybridized carbons (Fsp3) is 0.0500. The number of amides is 1. The third-order valence-electron chi connectivity index (χ3n) is 4.17. The number of nitro groups is 1. The fourth-order valence-electron chi connectivity index (χ4n) is 2.61. The molecule has 31 heavy (non-hydrogen) atoms. The molecule has 160 valence electrons.